The molecule has 0 spiro atoms. The largest absolute Gasteiger partial charge is 0.462 e. The van der Waals surface area contributed by atoms with Crippen LogP contribution in [0.3, 0.4) is 0 Å². The summed E-state index contributed by atoms with van der Waals surface area (Å²) in [7, 11) is 1.69. The molecule has 29 heavy (non-hydrogen) atoms. The zero-order valence-corrected chi connectivity index (χ0v) is 17.6. The lowest BCUT2D eigenvalue weighted by Gasteiger charge is -2.22. The van der Waals surface area contributed by atoms with E-state index in [4.69, 9.17) is 4.74 Å². The van der Waals surface area contributed by atoms with Crippen LogP contribution in [0, 0.1) is 0 Å². The van der Waals surface area contributed by atoms with Gasteiger partial charge in [0.05, 0.1) is 19.3 Å². The Bertz CT molecular complexity index is 853. The molecule has 1 heterocycles. The van der Waals surface area contributed by atoms with Gasteiger partial charge in [0.1, 0.15) is 11.4 Å². The summed E-state index contributed by atoms with van der Waals surface area (Å²) in [5, 5.41) is 6.92. The summed E-state index contributed by atoms with van der Waals surface area (Å²) in [4.78, 5) is 27.0. The summed E-state index contributed by atoms with van der Waals surface area (Å²) in [6.45, 7) is 7.37. The molecule has 0 bridgehead atoms. The van der Waals surface area contributed by atoms with E-state index in [0.717, 1.165) is 19.4 Å². The van der Waals surface area contributed by atoms with Crippen LogP contribution in [0.5, 0.6) is 0 Å². The highest BCUT2D eigenvalue weighted by molar-refractivity contribution is 6.00. The maximum absolute atomic E-state index is 12.7. The molecule has 0 atom stereocenters. The highest BCUT2D eigenvalue weighted by Gasteiger charge is 2.31. The molecule has 1 fully saturated rings. The van der Waals surface area contributed by atoms with Crippen molar-refractivity contribution in [1.82, 2.24) is 14.7 Å². The second kappa shape index (κ2) is 9.22. The number of rotatable bonds is 9. The summed E-state index contributed by atoms with van der Waals surface area (Å²) in [6, 6.07) is 9.03. The Labute approximate surface area is 172 Å². The Morgan fingerprint density at radius 2 is 1.97 bits per heavy atom. The third-order valence-corrected chi connectivity index (χ3v) is 5.13. The molecule has 7 nitrogen and oxygen atoms in total. The lowest BCUT2D eigenvalue weighted by molar-refractivity contribution is -0.117. The first-order valence-corrected chi connectivity index (χ1v) is 10.2. The first-order chi connectivity index (χ1) is 13.9. The van der Waals surface area contributed by atoms with Crippen molar-refractivity contribution in [2.24, 2.45) is 7.05 Å². The summed E-state index contributed by atoms with van der Waals surface area (Å²) in [5.41, 5.74) is 2.78. The monoisotopic (exact) mass is 398 g/mol. The van der Waals surface area contributed by atoms with E-state index in [1.54, 1.807) is 14.0 Å². The van der Waals surface area contributed by atoms with E-state index in [9.17, 15) is 9.59 Å². The molecule has 1 amide bonds. The predicted molar refractivity (Wildman–Crippen MR) is 112 cm³/mol. The van der Waals surface area contributed by atoms with Crippen LogP contribution in [0.15, 0.2) is 30.5 Å². The molecule has 156 valence electrons. The second-order valence-corrected chi connectivity index (χ2v) is 7.83. The maximum atomic E-state index is 12.7. The second-order valence-electron chi connectivity index (χ2n) is 7.83. The summed E-state index contributed by atoms with van der Waals surface area (Å²) in [5.74, 6) is 0.220. The fourth-order valence-electron chi connectivity index (χ4n) is 3.30. The molecule has 0 aliphatic heterocycles. The van der Waals surface area contributed by atoms with Crippen LogP contribution in [-0.4, -0.2) is 45.8 Å². The van der Waals surface area contributed by atoms with Gasteiger partial charge in [-0.05, 0) is 36.8 Å². The van der Waals surface area contributed by atoms with Gasteiger partial charge in [-0.3, -0.25) is 14.4 Å². The maximum Gasteiger partial charge on any atom is 0.343 e. The third kappa shape index (κ3) is 5.44. The van der Waals surface area contributed by atoms with Crippen molar-refractivity contribution in [3.8, 4) is 0 Å². The number of aryl methyl sites for hydroxylation is 1. The number of esters is 1. The van der Waals surface area contributed by atoms with Crippen LogP contribution in [0.1, 0.15) is 61.0 Å². The molecular formula is C22H30N4O3. The number of amides is 1. The van der Waals surface area contributed by atoms with Crippen LogP contribution in [0.2, 0.25) is 0 Å². The number of ether oxygens (including phenoxy) is 1. The van der Waals surface area contributed by atoms with Crippen LogP contribution >= 0.6 is 0 Å². The van der Waals surface area contributed by atoms with Crippen molar-refractivity contribution in [2.45, 2.75) is 52.1 Å². The van der Waals surface area contributed by atoms with Gasteiger partial charge < -0.3 is 10.1 Å². The number of hydrogen-bond donors (Lipinski definition) is 1. The SMILES string of the molecule is CCOC(=O)c1cnn(C)c1NC(=O)CN(Cc1ccc(C(C)C)cc1)C1CC1. The number of aromatic nitrogens is 2. The Kier molecular flexibility index (Phi) is 6.69. The van der Waals surface area contributed by atoms with Crippen molar-refractivity contribution < 1.29 is 14.3 Å². The topological polar surface area (TPSA) is 76.5 Å². The van der Waals surface area contributed by atoms with Crippen molar-refractivity contribution in [1.29, 1.82) is 0 Å². The Balaban J connectivity index is 1.65. The standard InChI is InChI=1S/C22H30N4O3/c1-5-29-22(28)19-12-23-25(4)21(19)24-20(27)14-26(18-10-11-18)13-16-6-8-17(9-7-16)15(2)3/h6-9,12,15,18H,5,10-11,13-14H2,1-4H3,(H,24,27). The van der Waals surface area contributed by atoms with Gasteiger partial charge in [-0.25, -0.2) is 4.79 Å². The number of carbonyl (C=O) groups excluding carboxylic acids is 2. The normalized spacial score (nSPS) is 13.7. The lowest BCUT2D eigenvalue weighted by atomic mass is 10.0. The van der Waals surface area contributed by atoms with Gasteiger partial charge >= 0.3 is 5.97 Å². The minimum absolute atomic E-state index is 0.162. The van der Waals surface area contributed by atoms with E-state index in [0.29, 0.717) is 17.8 Å². The Morgan fingerprint density at radius 1 is 1.28 bits per heavy atom. The quantitative estimate of drug-likeness (QED) is 0.656. The molecule has 0 radical (unpaired) electrons. The van der Waals surface area contributed by atoms with Crippen molar-refractivity contribution in [3.05, 3.63) is 47.2 Å². The summed E-state index contributed by atoms with van der Waals surface area (Å²) < 4.78 is 6.53. The number of nitrogens with one attached hydrogen (secondary N) is 1. The van der Waals surface area contributed by atoms with E-state index in [2.05, 4.69) is 53.4 Å². The number of anilines is 1. The molecule has 1 saturated carbocycles. The van der Waals surface area contributed by atoms with Crippen LogP contribution in [-0.2, 0) is 23.1 Å². The zero-order valence-electron chi connectivity index (χ0n) is 17.6. The number of hydrogen-bond acceptors (Lipinski definition) is 5. The van der Waals surface area contributed by atoms with Gasteiger partial charge in [0.2, 0.25) is 5.91 Å². The van der Waals surface area contributed by atoms with Crippen molar-refractivity contribution in [2.75, 3.05) is 18.5 Å². The molecule has 1 N–H and O–H groups in total. The predicted octanol–water partition coefficient (Wildman–Crippen LogP) is 3.32. The molecule has 0 unspecified atom stereocenters. The van der Waals surface area contributed by atoms with Gasteiger partial charge in [0.25, 0.3) is 0 Å². The van der Waals surface area contributed by atoms with E-state index in [1.807, 2.05) is 0 Å². The lowest BCUT2D eigenvalue weighted by Crippen LogP contribution is -2.35. The Morgan fingerprint density at radius 3 is 2.55 bits per heavy atom. The molecule has 7 heteroatoms. The number of carbonyl (C=O) groups is 2. The van der Waals surface area contributed by atoms with Gasteiger partial charge in [0.15, 0.2) is 0 Å². The first-order valence-electron chi connectivity index (χ1n) is 10.2. The number of benzene rings is 1. The molecular weight excluding hydrogens is 368 g/mol. The summed E-state index contributed by atoms with van der Waals surface area (Å²) >= 11 is 0. The summed E-state index contributed by atoms with van der Waals surface area (Å²) in [6.07, 6.45) is 3.64. The van der Waals surface area contributed by atoms with Gasteiger partial charge in [0, 0.05) is 19.6 Å². The van der Waals surface area contributed by atoms with Crippen molar-refractivity contribution in [3.63, 3.8) is 0 Å². The molecule has 1 aromatic carbocycles. The molecule has 0 saturated heterocycles. The van der Waals surface area contributed by atoms with Crippen LogP contribution in [0.4, 0.5) is 5.82 Å². The fraction of sp³-hybridized carbons (Fsp3) is 0.500. The van der Waals surface area contributed by atoms with Crippen LogP contribution in [0.25, 0.3) is 0 Å². The fourth-order valence-corrected chi connectivity index (χ4v) is 3.30. The number of nitrogens with zero attached hydrogens (tertiary/aromatic N) is 3. The minimum Gasteiger partial charge on any atom is -0.462 e. The molecule has 1 aliphatic carbocycles. The molecule has 1 aromatic heterocycles. The highest BCUT2D eigenvalue weighted by Crippen LogP contribution is 2.28. The molecule has 2 aromatic rings. The van der Waals surface area contributed by atoms with E-state index >= 15 is 0 Å². The average Bonchev–Trinajstić information content (AvgIpc) is 3.47. The first kappa shape index (κ1) is 21.0. The van der Waals surface area contributed by atoms with Gasteiger partial charge in [-0.1, -0.05) is 38.1 Å². The van der Waals surface area contributed by atoms with Gasteiger partial charge in [-0.15, -0.1) is 0 Å². The van der Waals surface area contributed by atoms with Gasteiger partial charge in [-0.2, -0.15) is 5.10 Å². The third-order valence-electron chi connectivity index (χ3n) is 5.13. The molecule has 1 aliphatic rings. The van der Waals surface area contributed by atoms with E-state index in [-0.39, 0.29) is 24.6 Å². The van der Waals surface area contributed by atoms with E-state index < -0.39 is 5.97 Å². The van der Waals surface area contributed by atoms with Crippen LogP contribution < -0.4 is 5.32 Å². The average molecular weight is 399 g/mol. The molecule has 3 rings (SSSR count). The van der Waals surface area contributed by atoms with E-state index in [1.165, 1.54) is 22.0 Å². The minimum atomic E-state index is -0.486. The van der Waals surface area contributed by atoms with Crippen molar-refractivity contribution >= 4 is 17.7 Å². The highest BCUT2D eigenvalue weighted by atomic mass is 16.5. The smallest absolute Gasteiger partial charge is 0.343 e. The Hall–Kier alpha value is -2.67. The zero-order chi connectivity index (χ0) is 21.0.